The summed E-state index contributed by atoms with van der Waals surface area (Å²) in [6.45, 7) is 4.92. The van der Waals surface area contributed by atoms with Crippen LogP contribution in [0.25, 0.3) is 0 Å². The summed E-state index contributed by atoms with van der Waals surface area (Å²) in [4.78, 5) is 27.3. The molecule has 0 radical (unpaired) electrons. The molecule has 1 saturated heterocycles. The Balaban J connectivity index is 1.52. The van der Waals surface area contributed by atoms with Crippen molar-refractivity contribution < 1.29 is 18.0 Å². The summed E-state index contributed by atoms with van der Waals surface area (Å²) in [6.07, 6.45) is 3.29. The van der Waals surface area contributed by atoms with Crippen molar-refractivity contribution in [3.63, 3.8) is 0 Å². The van der Waals surface area contributed by atoms with Crippen LogP contribution in [-0.4, -0.2) is 48.6 Å². The van der Waals surface area contributed by atoms with Crippen LogP contribution in [0, 0.1) is 11.3 Å². The van der Waals surface area contributed by atoms with Gasteiger partial charge in [-0.2, -0.15) is 9.57 Å². The summed E-state index contributed by atoms with van der Waals surface area (Å²) in [5.41, 5.74) is 1.62. The smallest absolute Gasteiger partial charge is 0.256 e. The fraction of sp³-hybridized carbons (Fsp3) is 0.435. The van der Waals surface area contributed by atoms with Gasteiger partial charge in [0.25, 0.3) is 5.91 Å². The summed E-state index contributed by atoms with van der Waals surface area (Å²) < 4.78 is 27.5. The Labute approximate surface area is 197 Å². The zero-order valence-corrected chi connectivity index (χ0v) is 20.3. The van der Waals surface area contributed by atoms with Crippen molar-refractivity contribution in [1.82, 2.24) is 9.21 Å². The molecule has 1 aromatic heterocycles. The lowest BCUT2D eigenvalue weighted by Gasteiger charge is -2.32. The van der Waals surface area contributed by atoms with Crippen LogP contribution in [-0.2, 0) is 27.8 Å². The van der Waals surface area contributed by atoms with Crippen LogP contribution in [0.1, 0.15) is 59.5 Å². The average molecular weight is 487 g/mol. The molecule has 174 valence electrons. The van der Waals surface area contributed by atoms with E-state index in [9.17, 15) is 23.3 Å². The van der Waals surface area contributed by atoms with Crippen LogP contribution in [0.3, 0.4) is 0 Å². The maximum atomic E-state index is 13.0. The molecule has 2 aliphatic heterocycles. The number of piperidine rings is 1. The van der Waals surface area contributed by atoms with Gasteiger partial charge in [-0.25, -0.2) is 8.42 Å². The highest BCUT2D eigenvalue weighted by Gasteiger charge is 2.31. The van der Waals surface area contributed by atoms with Gasteiger partial charge in [-0.1, -0.05) is 6.42 Å². The molecule has 4 rings (SSSR count). The van der Waals surface area contributed by atoms with E-state index < -0.39 is 15.9 Å². The number of nitriles is 1. The van der Waals surface area contributed by atoms with Gasteiger partial charge >= 0.3 is 0 Å². The lowest BCUT2D eigenvalue weighted by atomic mass is 10.0. The third-order valence-electron chi connectivity index (χ3n) is 6.31. The number of anilines is 1. The van der Waals surface area contributed by atoms with E-state index in [1.165, 1.54) is 46.8 Å². The van der Waals surface area contributed by atoms with Gasteiger partial charge in [-0.3, -0.25) is 9.59 Å². The van der Waals surface area contributed by atoms with Gasteiger partial charge in [0.05, 0.1) is 17.0 Å². The number of nitrogens with zero attached hydrogens (tertiary/aromatic N) is 3. The topological polar surface area (TPSA) is 111 Å². The molecular formula is C23H26N4O4S2. The quantitative estimate of drug-likeness (QED) is 0.713. The van der Waals surface area contributed by atoms with E-state index in [2.05, 4.69) is 11.4 Å². The Morgan fingerprint density at radius 1 is 1.18 bits per heavy atom. The molecule has 1 fully saturated rings. The number of carbonyl (C=O) groups excluding carboxylic acids is 2. The monoisotopic (exact) mass is 486 g/mol. The van der Waals surface area contributed by atoms with Crippen molar-refractivity contribution in [2.75, 3.05) is 18.4 Å². The average Bonchev–Trinajstić information content (AvgIpc) is 3.15. The first kappa shape index (κ1) is 23.4. The number of hydrogen-bond donors (Lipinski definition) is 1. The number of benzene rings is 1. The number of sulfonamides is 1. The lowest BCUT2D eigenvalue weighted by Crippen LogP contribution is -2.41. The van der Waals surface area contributed by atoms with Crippen molar-refractivity contribution in [3.05, 3.63) is 45.8 Å². The second-order valence-corrected chi connectivity index (χ2v) is 11.4. The van der Waals surface area contributed by atoms with Crippen molar-refractivity contribution in [1.29, 1.82) is 5.26 Å². The molecule has 0 saturated carbocycles. The number of hydrogen-bond acceptors (Lipinski definition) is 6. The summed E-state index contributed by atoms with van der Waals surface area (Å²) in [7, 11) is -3.61. The third-order valence-corrected chi connectivity index (χ3v) is 9.47. The molecule has 2 aromatic rings. The molecule has 2 aliphatic rings. The van der Waals surface area contributed by atoms with Gasteiger partial charge in [0.1, 0.15) is 11.1 Å². The maximum absolute atomic E-state index is 13.0. The van der Waals surface area contributed by atoms with Crippen LogP contribution >= 0.6 is 11.3 Å². The van der Waals surface area contributed by atoms with E-state index in [-0.39, 0.29) is 16.8 Å². The molecule has 10 heteroatoms. The Bertz CT molecular complexity index is 1230. The minimum Gasteiger partial charge on any atom is -0.337 e. The summed E-state index contributed by atoms with van der Waals surface area (Å²) >= 11 is 1.31. The molecule has 0 aliphatic carbocycles. The number of nitrogens with one attached hydrogen (secondary N) is 1. The molecule has 0 bridgehead atoms. The van der Waals surface area contributed by atoms with Gasteiger partial charge < -0.3 is 10.2 Å². The number of carbonyl (C=O) groups is 2. The first-order valence-electron chi connectivity index (χ1n) is 11.0. The van der Waals surface area contributed by atoms with Crippen LogP contribution < -0.4 is 5.32 Å². The van der Waals surface area contributed by atoms with Crippen LogP contribution in [0.15, 0.2) is 29.2 Å². The minimum absolute atomic E-state index is 0.0212. The fourth-order valence-electron chi connectivity index (χ4n) is 4.40. The molecule has 0 spiro atoms. The highest BCUT2D eigenvalue weighted by atomic mass is 32.2. The van der Waals surface area contributed by atoms with E-state index in [1.54, 1.807) is 4.90 Å². The Kier molecular flexibility index (Phi) is 6.56. The number of fused-ring (bicyclic) bond motifs is 1. The first-order chi connectivity index (χ1) is 15.7. The number of thiophene rings is 1. The lowest BCUT2D eigenvalue weighted by molar-refractivity contribution is -0.129. The second-order valence-electron chi connectivity index (χ2n) is 8.45. The minimum atomic E-state index is -3.61. The van der Waals surface area contributed by atoms with Gasteiger partial charge in [0, 0.05) is 36.5 Å². The predicted molar refractivity (Wildman–Crippen MR) is 125 cm³/mol. The molecule has 1 N–H and O–H groups in total. The number of amides is 2. The normalized spacial score (nSPS) is 18.9. The molecule has 1 atom stereocenters. The zero-order valence-electron chi connectivity index (χ0n) is 18.6. The van der Waals surface area contributed by atoms with Crippen molar-refractivity contribution in [2.24, 2.45) is 0 Å². The zero-order chi connectivity index (χ0) is 23.8. The van der Waals surface area contributed by atoms with E-state index >= 15 is 0 Å². The largest absolute Gasteiger partial charge is 0.337 e. The number of rotatable bonds is 4. The Morgan fingerprint density at radius 2 is 1.91 bits per heavy atom. The first-order valence-corrected chi connectivity index (χ1v) is 13.2. The molecule has 33 heavy (non-hydrogen) atoms. The Morgan fingerprint density at radius 3 is 2.55 bits per heavy atom. The molecule has 1 unspecified atom stereocenters. The standard InChI is InChI=1S/C23H26N4O4S2/c1-15-5-3-4-11-27(15)33(30,31)18-8-6-17(7-9-18)22(29)25-23-20(13-24)19-10-12-26(16(2)28)14-21(19)32-23/h6-9,15H,3-5,10-12,14H2,1-2H3,(H,25,29). The van der Waals surface area contributed by atoms with Crippen LogP contribution in [0.5, 0.6) is 0 Å². The van der Waals surface area contributed by atoms with Crippen molar-refractivity contribution in [2.45, 2.75) is 57.0 Å². The molecule has 1 aromatic carbocycles. The predicted octanol–water partition coefficient (Wildman–Crippen LogP) is 3.34. The summed E-state index contributed by atoms with van der Waals surface area (Å²) in [5, 5.41) is 12.9. The van der Waals surface area contributed by atoms with Crippen molar-refractivity contribution >= 4 is 38.2 Å². The third kappa shape index (κ3) is 4.53. The van der Waals surface area contributed by atoms with E-state index in [4.69, 9.17) is 0 Å². The summed E-state index contributed by atoms with van der Waals surface area (Å²) in [6, 6.07) is 8.05. The fourth-order valence-corrected chi connectivity index (χ4v) is 7.30. The highest BCUT2D eigenvalue weighted by Crippen LogP contribution is 2.37. The Hall–Kier alpha value is -2.74. The molecular weight excluding hydrogens is 460 g/mol. The van der Waals surface area contributed by atoms with Crippen molar-refractivity contribution in [3.8, 4) is 6.07 Å². The van der Waals surface area contributed by atoms with Gasteiger partial charge in [0.15, 0.2) is 0 Å². The van der Waals surface area contributed by atoms with Crippen LogP contribution in [0.4, 0.5) is 5.00 Å². The van der Waals surface area contributed by atoms with Gasteiger partial charge in [-0.05, 0) is 56.0 Å². The molecule has 3 heterocycles. The SMILES string of the molecule is CC(=O)N1CCc2c(sc(NC(=O)c3ccc(S(=O)(=O)N4CCCCC4C)cc3)c2C#N)C1. The molecule has 2 amide bonds. The van der Waals surface area contributed by atoms with E-state index in [1.807, 2.05) is 6.92 Å². The van der Waals surface area contributed by atoms with Gasteiger partial charge in [0.2, 0.25) is 15.9 Å². The van der Waals surface area contributed by atoms with Gasteiger partial charge in [-0.15, -0.1) is 11.3 Å². The molecule has 8 nitrogen and oxygen atoms in total. The van der Waals surface area contributed by atoms with Crippen LogP contribution in [0.2, 0.25) is 0 Å². The highest BCUT2D eigenvalue weighted by molar-refractivity contribution is 7.89. The van der Waals surface area contributed by atoms with E-state index in [0.29, 0.717) is 42.2 Å². The second kappa shape index (κ2) is 9.25. The van der Waals surface area contributed by atoms with E-state index in [0.717, 1.165) is 29.7 Å². The maximum Gasteiger partial charge on any atom is 0.256 e. The summed E-state index contributed by atoms with van der Waals surface area (Å²) in [5.74, 6) is -0.434.